The van der Waals surface area contributed by atoms with Gasteiger partial charge in [-0.1, -0.05) is 0 Å². The molecule has 0 bridgehead atoms. The van der Waals surface area contributed by atoms with Gasteiger partial charge in [-0.15, -0.1) is 0 Å². The molecule has 2 aliphatic heterocycles. The summed E-state index contributed by atoms with van der Waals surface area (Å²) in [6.45, 7) is 5.44. The van der Waals surface area contributed by atoms with E-state index in [2.05, 4.69) is 0 Å². The molecule has 9 nitrogen and oxygen atoms in total. The number of hydrogen-bond acceptors (Lipinski definition) is 9. The third-order valence-electron chi connectivity index (χ3n) is 3.32. The molecule has 0 aliphatic carbocycles. The smallest absolute Gasteiger partial charge is 0.305 e. The second-order valence-corrected chi connectivity index (χ2v) is 5.30. The third kappa shape index (κ3) is 4.40. The van der Waals surface area contributed by atoms with Gasteiger partial charge in [-0.25, -0.2) is 0 Å². The topological polar surface area (TPSA) is 107 Å². The predicted molar refractivity (Wildman–Crippen MR) is 71.8 cm³/mol. The Morgan fingerprint density at radius 3 is 2.00 bits per heavy atom. The highest BCUT2D eigenvalue weighted by Gasteiger charge is 2.54. The van der Waals surface area contributed by atoms with Gasteiger partial charge in [-0.3, -0.25) is 14.4 Å². The summed E-state index contributed by atoms with van der Waals surface area (Å²) in [6.07, 6.45) is -5.22. The van der Waals surface area contributed by atoms with E-state index in [4.69, 9.17) is 28.4 Å². The summed E-state index contributed by atoms with van der Waals surface area (Å²) < 4.78 is 32.0. The standard InChI is InChI=1S/C14H20O9/c1-6(15)19-12-11-10(5-18-9(4)22-11)23-14(21-8(3)17)13(12)20-7(2)16/h9-14H,5H2,1-4H3/t9-,10+,11+,12-,13+,14-/m0/s1. The molecule has 0 aromatic heterocycles. The summed E-state index contributed by atoms with van der Waals surface area (Å²) >= 11 is 0. The Labute approximate surface area is 133 Å². The zero-order valence-corrected chi connectivity index (χ0v) is 13.3. The van der Waals surface area contributed by atoms with Crippen molar-refractivity contribution in [3.05, 3.63) is 0 Å². The summed E-state index contributed by atoms with van der Waals surface area (Å²) in [5.74, 6) is -1.85. The van der Waals surface area contributed by atoms with Gasteiger partial charge in [0.2, 0.25) is 12.4 Å². The first kappa shape index (κ1) is 17.6. The minimum Gasteiger partial charge on any atom is -0.455 e. The van der Waals surface area contributed by atoms with Crippen LogP contribution >= 0.6 is 0 Å². The molecular formula is C14H20O9. The van der Waals surface area contributed by atoms with Crippen LogP contribution in [0.25, 0.3) is 0 Å². The Bertz CT molecular complexity index is 477. The molecule has 0 spiro atoms. The van der Waals surface area contributed by atoms with Gasteiger partial charge in [-0.05, 0) is 6.92 Å². The maximum absolute atomic E-state index is 11.4. The maximum atomic E-state index is 11.4. The highest BCUT2D eigenvalue weighted by molar-refractivity contribution is 5.68. The molecule has 0 N–H and O–H groups in total. The van der Waals surface area contributed by atoms with E-state index in [9.17, 15) is 14.4 Å². The lowest BCUT2D eigenvalue weighted by Crippen LogP contribution is -2.65. The van der Waals surface area contributed by atoms with Crippen molar-refractivity contribution < 1.29 is 42.8 Å². The molecule has 0 amide bonds. The number of carbonyl (C=O) groups is 3. The van der Waals surface area contributed by atoms with Crippen molar-refractivity contribution in [3.63, 3.8) is 0 Å². The summed E-state index contributed by atoms with van der Waals surface area (Å²) in [4.78, 5) is 34.1. The summed E-state index contributed by atoms with van der Waals surface area (Å²) in [5.41, 5.74) is 0. The lowest BCUT2D eigenvalue weighted by Gasteiger charge is -2.47. The van der Waals surface area contributed by atoms with Gasteiger partial charge in [0, 0.05) is 20.8 Å². The fraction of sp³-hybridized carbons (Fsp3) is 0.786. The van der Waals surface area contributed by atoms with Gasteiger partial charge in [0.25, 0.3) is 0 Å². The van der Waals surface area contributed by atoms with E-state index < -0.39 is 54.9 Å². The van der Waals surface area contributed by atoms with Gasteiger partial charge in [0.1, 0.15) is 12.2 Å². The van der Waals surface area contributed by atoms with Crippen LogP contribution in [-0.2, 0) is 42.8 Å². The van der Waals surface area contributed by atoms with Crippen LogP contribution in [0.15, 0.2) is 0 Å². The zero-order chi connectivity index (χ0) is 17.1. The molecular weight excluding hydrogens is 312 g/mol. The van der Waals surface area contributed by atoms with Gasteiger partial charge in [0.05, 0.1) is 6.61 Å². The van der Waals surface area contributed by atoms with Crippen LogP contribution in [0.3, 0.4) is 0 Å². The molecule has 130 valence electrons. The summed E-state index contributed by atoms with van der Waals surface area (Å²) in [5, 5.41) is 0. The Morgan fingerprint density at radius 2 is 1.43 bits per heavy atom. The van der Waals surface area contributed by atoms with E-state index in [1.807, 2.05) is 0 Å². The monoisotopic (exact) mass is 332 g/mol. The minimum atomic E-state index is -1.22. The number of carbonyl (C=O) groups excluding carboxylic acids is 3. The van der Waals surface area contributed by atoms with Crippen molar-refractivity contribution in [2.24, 2.45) is 0 Å². The van der Waals surface area contributed by atoms with Crippen LogP contribution in [0.2, 0.25) is 0 Å². The SMILES string of the molecule is CC(=O)O[C@H]1O[C@@H]2CO[C@H](C)O[C@H]2[C@H](OC(C)=O)[C@H]1OC(C)=O. The first-order valence-electron chi connectivity index (χ1n) is 7.22. The molecule has 0 aromatic rings. The zero-order valence-electron chi connectivity index (χ0n) is 13.3. The number of esters is 3. The summed E-state index contributed by atoms with van der Waals surface area (Å²) in [6, 6.07) is 0. The Hall–Kier alpha value is -1.71. The van der Waals surface area contributed by atoms with Crippen molar-refractivity contribution >= 4 is 17.9 Å². The van der Waals surface area contributed by atoms with Crippen LogP contribution in [0.4, 0.5) is 0 Å². The Morgan fingerprint density at radius 1 is 0.870 bits per heavy atom. The normalized spacial score (nSPS) is 36.5. The fourth-order valence-electron chi connectivity index (χ4n) is 2.57. The van der Waals surface area contributed by atoms with Gasteiger partial charge in [-0.2, -0.15) is 0 Å². The number of rotatable bonds is 3. The average Bonchev–Trinajstić information content (AvgIpc) is 2.41. The molecule has 0 aromatic carbocycles. The van der Waals surface area contributed by atoms with Gasteiger partial charge < -0.3 is 28.4 Å². The third-order valence-corrected chi connectivity index (χ3v) is 3.32. The van der Waals surface area contributed by atoms with Gasteiger partial charge >= 0.3 is 17.9 Å². The first-order chi connectivity index (χ1) is 10.8. The van der Waals surface area contributed by atoms with Crippen molar-refractivity contribution in [3.8, 4) is 0 Å². The average molecular weight is 332 g/mol. The largest absolute Gasteiger partial charge is 0.455 e. The van der Waals surface area contributed by atoms with E-state index >= 15 is 0 Å². The lowest BCUT2D eigenvalue weighted by atomic mass is 9.97. The van der Waals surface area contributed by atoms with Crippen molar-refractivity contribution in [2.45, 2.75) is 64.7 Å². The van der Waals surface area contributed by atoms with E-state index in [1.54, 1.807) is 6.92 Å². The van der Waals surface area contributed by atoms with E-state index in [0.29, 0.717) is 0 Å². The minimum absolute atomic E-state index is 0.161. The lowest BCUT2D eigenvalue weighted by molar-refractivity contribution is -0.351. The molecule has 2 heterocycles. The second-order valence-electron chi connectivity index (χ2n) is 5.30. The molecule has 2 saturated heterocycles. The van der Waals surface area contributed by atoms with Crippen molar-refractivity contribution in [1.82, 2.24) is 0 Å². The Balaban J connectivity index is 2.29. The molecule has 2 aliphatic rings. The van der Waals surface area contributed by atoms with Crippen LogP contribution < -0.4 is 0 Å². The first-order valence-corrected chi connectivity index (χ1v) is 7.22. The molecule has 2 rings (SSSR count). The highest BCUT2D eigenvalue weighted by atomic mass is 16.8. The van der Waals surface area contributed by atoms with Crippen LogP contribution in [0.5, 0.6) is 0 Å². The molecule has 2 fully saturated rings. The molecule has 0 saturated carbocycles. The van der Waals surface area contributed by atoms with E-state index in [-0.39, 0.29) is 6.61 Å². The van der Waals surface area contributed by atoms with E-state index in [1.165, 1.54) is 20.8 Å². The van der Waals surface area contributed by atoms with Crippen molar-refractivity contribution in [2.75, 3.05) is 6.61 Å². The van der Waals surface area contributed by atoms with Crippen LogP contribution in [0, 0.1) is 0 Å². The quantitative estimate of drug-likeness (QED) is 0.517. The molecule has 9 heteroatoms. The molecule has 0 radical (unpaired) electrons. The fourth-order valence-corrected chi connectivity index (χ4v) is 2.57. The molecule has 0 unspecified atom stereocenters. The maximum Gasteiger partial charge on any atom is 0.305 e. The second kappa shape index (κ2) is 7.24. The molecule has 23 heavy (non-hydrogen) atoms. The van der Waals surface area contributed by atoms with Gasteiger partial charge in [0.15, 0.2) is 12.4 Å². The van der Waals surface area contributed by atoms with E-state index in [0.717, 1.165) is 0 Å². The predicted octanol–water partition coefficient (Wildman–Crippen LogP) is -0.101. The van der Waals surface area contributed by atoms with Crippen LogP contribution in [0.1, 0.15) is 27.7 Å². The highest BCUT2D eigenvalue weighted by Crippen LogP contribution is 2.32. The summed E-state index contributed by atoms with van der Waals surface area (Å²) in [7, 11) is 0. The number of ether oxygens (including phenoxy) is 6. The van der Waals surface area contributed by atoms with Crippen molar-refractivity contribution in [1.29, 1.82) is 0 Å². The number of hydrogen-bond donors (Lipinski definition) is 0. The molecule has 6 atom stereocenters. The number of fused-ring (bicyclic) bond motifs is 1. The Kier molecular flexibility index (Phi) is 5.55. The van der Waals surface area contributed by atoms with Crippen LogP contribution in [-0.4, -0.2) is 61.5 Å².